The highest BCUT2D eigenvalue weighted by molar-refractivity contribution is 6.46. The number of rotatable bonds is 9. The van der Waals surface area contributed by atoms with Crippen molar-refractivity contribution in [1.29, 1.82) is 0 Å². The number of nitrogens with zero attached hydrogens (tertiary/aromatic N) is 3. The first kappa shape index (κ1) is 23.7. The van der Waals surface area contributed by atoms with E-state index in [1.807, 2.05) is 19.0 Å². The number of likely N-dealkylation sites (tertiary alicyclic amines) is 1. The summed E-state index contributed by atoms with van der Waals surface area (Å²) < 4.78 is 5.44. The van der Waals surface area contributed by atoms with Gasteiger partial charge < -0.3 is 19.6 Å². The molecular formula is C24H25N3O6. The van der Waals surface area contributed by atoms with Gasteiger partial charge in [0.1, 0.15) is 18.1 Å². The lowest BCUT2D eigenvalue weighted by Gasteiger charge is -2.26. The van der Waals surface area contributed by atoms with Crippen molar-refractivity contribution in [2.75, 3.05) is 33.8 Å². The second-order valence-electron chi connectivity index (χ2n) is 7.77. The lowest BCUT2D eigenvalue weighted by atomic mass is 9.95. The predicted octanol–water partition coefficient (Wildman–Crippen LogP) is 3.14. The number of nitro benzene ring substituents is 1. The van der Waals surface area contributed by atoms with Gasteiger partial charge in [-0.25, -0.2) is 0 Å². The fraction of sp³-hybridized carbons (Fsp3) is 0.250. The predicted molar refractivity (Wildman–Crippen MR) is 123 cm³/mol. The first-order chi connectivity index (χ1) is 15.7. The Morgan fingerprint density at radius 2 is 1.94 bits per heavy atom. The maximum atomic E-state index is 13.0. The molecule has 0 radical (unpaired) electrons. The van der Waals surface area contributed by atoms with Crippen LogP contribution in [-0.2, 0) is 9.59 Å². The van der Waals surface area contributed by atoms with E-state index in [0.717, 1.165) is 0 Å². The third-order valence-corrected chi connectivity index (χ3v) is 5.22. The van der Waals surface area contributed by atoms with Crippen LogP contribution in [0.25, 0.3) is 5.76 Å². The number of aliphatic hydroxyl groups excluding tert-OH is 1. The molecule has 1 fully saturated rings. The summed E-state index contributed by atoms with van der Waals surface area (Å²) in [7, 11) is 3.66. The van der Waals surface area contributed by atoms with Gasteiger partial charge >= 0.3 is 0 Å². The Morgan fingerprint density at radius 3 is 2.55 bits per heavy atom. The van der Waals surface area contributed by atoms with Gasteiger partial charge in [-0.1, -0.05) is 24.8 Å². The van der Waals surface area contributed by atoms with Gasteiger partial charge in [-0.3, -0.25) is 19.7 Å². The fourth-order valence-corrected chi connectivity index (χ4v) is 3.59. The van der Waals surface area contributed by atoms with Crippen molar-refractivity contribution in [3.05, 3.63) is 88.0 Å². The Labute approximate surface area is 191 Å². The number of ketones is 1. The van der Waals surface area contributed by atoms with Crippen LogP contribution >= 0.6 is 0 Å². The van der Waals surface area contributed by atoms with E-state index in [9.17, 15) is 24.8 Å². The topological polar surface area (TPSA) is 113 Å². The number of non-ortho nitro benzene ring substituents is 1. The standard InChI is InChI=1S/C24H25N3O6/c1-4-14-33-19-10-8-16(9-11-19)22(28)20-21(17-6-5-7-18(15-17)27(31)32)26(13-12-25(2)3)24(30)23(20)29/h4-11,15,21,28H,1,12-14H2,2-3H3/b22-20-. The molecule has 1 atom stereocenters. The molecule has 0 bridgehead atoms. The van der Waals surface area contributed by atoms with Gasteiger partial charge in [-0.05, 0) is 43.9 Å². The number of Topliss-reactive ketones (excluding diaryl/α,β-unsaturated/α-hetero) is 1. The van der Waals surface area contributed by atoms with Gasteiger partial charge in [0.15, 0.2) is 0 Å². The summed E-state index contributed by atoms with van der Waals surface area (Å²) in [4.78, 5) is 39.8. The minimum Gasteiger partial charge on any atom is -0.507 e. The van der Waals surface area contributed by atoms with Crippen molar-refractivity contribution in [2.24, 2.45) is 0 Å². The van der Waals surface area contributed by atoms with E-state index < -0.39 is 22.7 Å². The first-order valence-corrected chi connectivity index (χ1v) is 10.3. The summed E-state index contributed by atoms with van der Waals surface area (Å²) >= 11 is 0. The molecule has 0 spiro atoms. The van der Waals surface area contributed by atoms with Crippen molar-refractivity contribution in [3.63, 3.8) is 0 Å². The van der Waals surface area contributed by atoms with E-state index in [0.29, 0.717) is 30.0 Å². The fourth-order valence-electron chi connectivity index (χ4n) is 3.59. The maximum absolute atomic E-state index is 13.0. The molecule has 1 N–H and O–H groups in total. The van der Waals surface area contributed by atoms with Crippen LogP contribution in [0.5, 0.6) is 5.75 Å². The van der Waals surface area contributed by atoms with Crippen molar-refractivity contribution < 1.29 is 24.4 Å². The van der Waals surface area contributed by atoms with Crippen LogP contribution in [0.2, 0.25) is 0 Å². The quantitative estimate of drug-likeness (QED) is 0.156. The molecule has 3 rings (SSSR count). The van der Waals surface area contributed by atoms with Gasteiger partial charge in [0, 0.05) is 30.8 Å². The summed E-state index contributed by atoms with van der Waals surface area (Å²) in [5, 5.41) is 22.4. The zero-order valence-corrected chi connectivity index (χ0v) is 18.4. The molecule has 1 amide bonds. The summed E-state index contributed by atoms with van der Waals surface area (Å²) in [5.41, 5.74) is 0.407. The molecule has 9 heteroatoms. The van der Waals surface area contributed by atoms with Crippen LogP contribution in [-0.4, -0.2) is 65.3 Å². The third-order valence-electron chi connectivity index (χ3n) is 5.22. The highest BCUT2D eigenvalue weighted by atomic mass is 16.6. The summed E-state index contributed by atoms with van der Waals surface area (Å²) in [6, 6.07) is 11.2. The summed E-state index contributed by atoms with van der Waals surface area (Å²) in [6.07, 6.45) is 1.60. The number of hydrogen-bond acceptors (Lipinski definition) is 7. The van der Waals surface area contributed by atoms with Crippen LogP contribution in [0.3, 0.4) is 0 Å². The van der Waals surface area contributed by atoms with Crippen LogP contribution in [0.1, 0.15) is 17.2 Å². The van der Waals surface area contributed by atoms with Crippen molar-refractivity contribution in [3.8, 4) is 5.75 Å². The van der Waals surface area contributed by atoms with E-state index in [1.54, 1.807) is 36.4 Å². The largest absolute Gasteiger partial charge is 0.507 e. The molecule has 0 aliphatic carbocycles. The van der Waals surface area contributed by atoms with E-state index >= 15 is 0 Å². The van der Waals surface area contributed by atoms with Gasteiger partial charge in [-0.2, -0.15) is 0 Å². The second-order valence-corrected chi connectivity index (χ2v) is 7.77. The molecule has 1 saturated heterocycles. The number of carbonyl (C=O) groups is 2. The zero-order valence-electron chi connectivity index (χ0n) is 18.4. The molecule has 1 aliphatic rings. The normalized spacial score (nSPS) is 17.4. The SMILES string of the molecule is C=CCOc1ccc(/C(O)=C2/C(=O)C(=O)N(CCN(C)C)C2c2cccc([N+](=O)[O-])c2)cc1. The molecular weight excluding hydrogens is 426 g/mol. The number of ether oxygens (including phenoxy) is 1. The third kappa shape index (κ3) is 5.09. The van der Waals surface area contributed by atoms with Gasteiger partial charge in [-0.15, -0.1) is 0 Å². The lowest BCUT2D eigenvalue weighted by Crippen LogP contribution is -2.35. The number of carbonyl (C=O) groups excluding carboxylic acids is 2. The second kappa shape index (κ2) is 10.1. The van der Waals surface area contributed by atoms with Crippen LogP contribution < -0.4 is 4.74 Å². The van der Waals surface area contributed by atoms with Crippen molar-refractivity contribution in [2.45, 2.75) is 6.04 Å². The molecule has 0 aromatic heterocycles. The first-order valence-electron chi connectivity index (χ1n) is 10.3. The minimum atomic E-state index is -0.957. The summed E-state index contributed by atoms with van der Waals surface area (Å²) in [5.74, 6) is -1.41. The maximum Gasteiger partial charge on any atom is 0.295 e. The number of amides is 1. The van der Waals surface area contributed by atoms with Gasteiger partial charge in [0.2, 0.25) is 0 Å². The molecule has 9 nitrogen and oxygen atoms in total. The number of aliphatic hydroxyl groups is 1. The average Bonchev–Trinajstić information content (AvgIpc) is 3.06. The number of benzene rings is 2. The van der Waals surface area contributed by atoms with E-state index in [-0.39, 0.29) is 23.6 Å². The van der Waals surface area contributed by atoms with Crippen molar-refractivity contribution in [1.82, 2.24) is 9.80 Å². The zero-order chi connectivity index (χ0) is 24.1. The van der Waals surface area contributed by atoms with E-state index in [1.165, 1.54) is 23.1 Å². The Bertz CT molecular complexity index is 1110. The molecule has 33 heavy (non-hydrogen) atoms. The van der Waals surface area contributed by atoms with Crippen LogP contribution in [0, 0.1) is 10.1 Å². The Morgan fingerprint density at radius 1 is 1.24 bits per heavy atom. The van der Waals surface area contributed by atoms with Crippen LogP contribution in [0.15, 0.2) is 66.8 Å². The monoisotopic (exact) mass is 451 g/mol. The Balaban J connectivity index is 2.10. The molecule has 2 aromatic rings. The average molecular weight is 451 g/mol. The Hall–Kier alpha value is -3.98. The number of nitro groups is 1. The number of likely N-dealkylation sites (N-methyl/N-ethyl adjacent to an activating group) is 1. The smallest absolute Gasteiger partial charge is 0.295 e. The van der Waals surface area contributed by atoms with Crippen LogP contribution in [0.4, 0.5) is 5.69 Å². The Kier molecular flexibility index (Phi) is 7.24. The highest BCUT2D eigenvalue weighted by Crippen LogP contribution is 2.40. The van der Waals surface area contributed by atoms with Gasteiger partial charge in [0.25, 0.3) is 17.4 Å². The molecule has 0 saturated carbocycles. The molecule has 1 aliphatic heterocycles. The van der Waals surface area contributed by atoms with Gasteiger partial charge in [0.05, 0.1) is 16.5 Å². The van der Waals surface area contributed by atoms with Crippen molar-refractivity contribution >= 4 is 23.1 Å². The molecule has 2 aromatic carbocycles. The van der Waals surface area contributed by atoms with E-state index in [4.69, 9.17) is 4.74 Å². The highest BCUT2D eigenvalue weighted by Gasteiger charge is 2.46. The minimum absolute atomic E-state index is 0.112. The number of hydrogen-bond donors (Lipinski definition) is 1. The molecule has 172 valence electrons. The summed E-state index contributed by atoms with van der Waals surface area (Å²) in [6.45, 7) is 4.57. The molecule has 1 unspecified atom stereocenters. The lowest BCUT2D eigenvalue weighted by molar-refractivity contribution is -0.384. The van der Waals surface area contributed by atoms with E-state index in [2.05, 4.69) is 6.58 Å². The molecule has 1 heterocycles.